The number of nitro groups is 1. The maximum absolute atomic E-state index is 10.7. The summed E-state index contributed by atoms with van der Waals surface area (Å²) in [6, 6.07) is 4.68. The number of rotatable bonds is 5. The molecule has 0 amide bonds. The van der Waals surface area contributed by atoms with E-state index >= 15 is 0 Å². The summed E-state index contributed by atoms with van der Waals surface area (Å²) in [5, 5.41) is 10.7. The highest BCUT2D eigenvalue weighted by atomic mass is 127. The van der Waals surface area contributed by atoms with Gasteiger partial charge in [0.15, 0.2) is 0 Å². The molecule has 0 radical (unpaired) electrons. The first-order valence-corrected chi connectivity index (χ1v) is 7.46. The minimum atomic E-state index is -0.395. The average Bonchev–Trinajstić information content (AvgIpc) is 2.84. The summed E-state index contributed by atoms with van der Waals surface area (Å²) < 4.78 is 6.57. The van der Waals surface area contributed by atoms with Gasteiger partial charge in [-0.1, -0.05) is 6.42 Å². The molecule has 0 aliphatic heterocycles. The quantitative estimate of drug-likeness (QED) is 0.487. The Balaban J connectivity index is 1.98. The highest BCUT2D eigenvalue weighted by Crippen LogP contribution is 2.32. The topological polar surface area (TPSA) is 78.4 Å². The van der Waals surface area contributed by atoms with Crippen molar-refractivity contribution >= 4 is 28.3 Å². The van der Waals surface area contributed by atoms with Crippen LogP contribution in [0, 0.1) is 25.5 Å². The molecule has 2 atom stereocenters. The van der Waals surface area contributed by atoms with Crippen LogP contribution < -0.4 is 10.5 Å². The molecule has 104 valence electrons. The van der Waals surface area contributed by atoms with Gasteiger partial charge in [0.05, 0.1) is 15.1 Å². The summed E-state index contributed by atoms with van der Waals surface area (Å²) >= 11 is 2.07. The summed E-state index contributed by atoms with van der Waals surface area (Å²) in [5.41, 5.74) is 5.84. The zero-order chi connectivity index (χ0) is 13.8. The lowest BCUT2D eigenvalue weighted by Gasteiger charge is -2.18. The molecule has 0 saturated heterocycles. The van der Waals surface area contributed by atoms with E-state index in [0.717, 1.165) is 9.99 Å². The van der Waals surface area contributed by atoms with Crippen molar-refractivity contribution in [2.24, 2.45) is 17.6 Å². The van der Waals surface area contributed by atoms with Gasteiger partial charge < -0.3 is 10.5 Å². The van der Waals surface area contributed by atoms with E-state index in [1.807, 2.05) is 0 Å². The fraction of sp³-hybridized carbons (Fsp3) is 0.538. The molecule has 1 aliphatic rings. The molecular formula is C13H17IN2O3. The Bertz CT molecular complexity index is 467. The molecule has 0 spiro atoms. The van der Waals surface area contributed by atoms with Gasteiger partial charge in [0.1, 0.15) is 5.75 Å². The van der Waals surface area contributed by atoms with Crippen LogP contribution in [0.5, 0.6) is 5.75 Å². The highest BCUT2D eigenvalue weighted by Gasteiger charge is 2.26. The van der Waals surface area contributed by atoms with Crippen molar-refractivity contribution in [1.82, 2.24) is 0 Å². The second-order valence-corrected chi connectivity index (χ2v) is 6.03. The Labute approximate surface area is 125 Å². The molecule has 2 unspecified atom stereocenters. The molecule has 2 N–H and O–H groups in total. The Kier molecular flexibility index (Phi) is 4.98. The zero-order valence-electron chi connectivity index (χ0n) is 10.5. The van der Waals surface area contributed by atoms with Crippen molar-refractivity contribution < 1.29 is 9.66 Å². The first-order chi connectivity index (χ1) is 9.11. The predicted octanol–water partition coefficient (Wildman–Crippen LogP) is 2.95. The third kappa shape index (κ3) is 3.56. The van der Waals surface area contributed by atoms with Crippen molar-refractivity contribution in [2.45, 2.75) is 19.3 Å². The van der Waals surface area contributed by atoms with E-state index < -0.39 is 4.92 Å². The monoisotopic (exact) mass is 376 g/mol. The molecule has 1 aliphatic carbocycles. The maximum Gasteiger partial charge on any atom is 0.270 e. The van der Waals surface area contributed by atoms with Gasteiger partial charge in [-0.05, 0) is 59.9 Å². The largest absolute Gasteiger partial charge is 0.492 e. The van der Waals surface area contributed by atoms with Gasteiger partial charge in [0.2, 0.25) is 0 Å². The van der Waals surface area contributed by atoms with Crippen LogP contribution in [0.3, 0.4) is 0 Å². The van der Waals surface area contributed by atoms with Crippen LogP contribution in [0.1, 0.15) is 19.3 Å². The number of nitro benzene ring substituents is 1. The van der Waals surface area contributed by atoms with Crippen LogP contribution in [0.15, 0.2) is 18.2 Å². The zero-order valence-corrected chi connectivity index (χ0v) is 12.7. The van der Waals surface area contributed by atoms with Gasteiger partial charge in [-0.2, -0.15) is 0 Å². The van der Waals surface area contributed by atoms with Gasteiger partial charge in [-0.3, -0.25) is 10.1 Å². The van der Waals surface area contributed by atoms with Gasteiger partial charge in [0.25, 0.3) is 5.69 Å². The Hall–Kier alpha value is -0.890. The predicted molar refractivity (Wildman–Crippen MR) is 81.2 cm³/mol. The summed E-state index contributed by atoms with van der Waals surface area (Å²) in [7, 11) is 0. The van der Waals surface area contributed by atoms with Crippen LogP contribution in [-0.4, -0.2) is 18.1 Å². The molecule has 6 heteroatoms. The molecular weight excluding hydrogens is 359 g/mol. The van der Waals surface area contributed by atoms with Crippen LogP contribution >= 0.6 is 22.6 Å². The third-order valence-electron chi connectivity index (χ3n) is 3.70. The summed E-state index contributed by atoms with van der Waals surface area (Å²) in [6.07, 6.45) is 3.56. The maximum atomic E-state index is 10.7. The molecule has 0 aromatic heterocycles. The smallest absolute Gasteiger partial charge is 0.270 e. The lowest BCUT2D eigenvalue weighted by molar-refractivity contribution is -0.385. The molecule has 1 fully saturated rings. The van der Waals surface area contributed by atoms with E-state index in [-0.39, 0.29) is 5.69 Å². The lowest BCUT2D eigenvalue weighted by atomic mass is 9.97. The molecule has 5 nitrogen and oxygen atoms in total. The Morgan fingerprint density at radius 2 is 2.16 bits per heavy atom. The van der Waals surface area contributed by atoms with Crippen molar-refractivity contribution in [1.29, 1.82) is 0 Å². The van der Waals surface area contributed by atoms with Crippen molar-refractivity contribution in [2.75, 3.05) is 13.2 Å². The number of hydrogen-bond acceptors (Lipinski definition) is 4. The summed E-state index contributed by atoms with van der Waals surface area (Å²) in [5.74, 6) is 1.78. The molecule has 0 bridgehead atoms. The van der Waals surface area contributed by atoms with Crippen molar-refractivity contribution in [3.63, 3.8) is 0 Å². The standard InChI is InChI=1S/C13H17IN2O3/c14-12-6-11(16(17)18)4-5-13(12)19-8-10-3-1-2-9(10)7-15/h4-6,9-10H,1-3,7-8,15H2. The lowest BCUT2D eigenvalue weighted by Crippen LogP contribution is -2.23. The van der Waals surface area contributed by atoms with Gasteiger partial charge in [-0.15, -0.1) is 0 Å². The molecule has 2 rings (SSSR count). The molecule has 1 saturated carbocycles. The second-order valence-electron chi connectivity index (χ2n) is 4.87. The second kappa shape index (κ2) is 6.51. The van der Waals surface area contributed by atoms with E-state index in [0.29, 0.717) is 30.7 Å². The van der Waals surface area contributed by atoms with Crippen LogP contribution in [0.2, 0.25) is 0 Å². The summed E-state index contributed by atoms with van der Waals surface area (Å²) in [6.45, 7) is 1.36. The number of nitrogens with two attached hydrogens (primary N) is 1. The van der Waals surface area contributed by atoms with Gasteiger partial charge >= 0.3 is 0 Å². The van der Waals surface area contributed by atoms with E-state index in [1.54, 1.807) is 6.07 Å². The van der Waals surface area contributed by atoms with Crippen molar-refractivity contribution in [3.8, 4) is 5.75 Å². The third-order valence-corrected chi connectivity index (χ3v) is 4.54. The van der Waals surface area contributed by atoms with Crippen LogP contribution in [-0.2, 0) is 0 Å². The molecule has 19 heavy (non-hydrogen) atoms. The van der Waals surface area contributed by atoms with Crippen molar-refractivity contribution in [3.05, 3.63) is 31.9 Å². The average molecular weight is 376 g/mol. The van der Waals surface area contributed by atoms with Crippen LogP contribution in [0.4, 0.5) is 5.69 Å². The SMILES string of the molecule is NCC1CCCC1COc1ccc([N+](=O)[O-])cc1I. The molecule has 0 heterocycles. The number of nitrogens with zero attached hydrogens (tertiary/aromatic N) is 1. The fourth-order valence-corrected chi connectivity index (χ4v) is 3.22. The minimum absolute atomic E-state index is 0.0949. The Morgan fingerprint density at radius 3 is 2.79 bits per heavy atom. The number of non-ortho nitro benzene ring substituents is 1. The van der Waals surface area contributed by atoms with E-state index in [2.05, 4.69) is 22.6 Å². The normalized spacial score (nSPS) is 22.4. The number of hydrogen-bond donors (Lipinski definition) is 1. The Morgan fingerprint density at radius 1 is 1.42 bits per heavy atom. The van der Waals surface area contributed by atoms with Gasteiger partial charge in [-0.25, -0.2) is 0 Å². The highest BCUT2D eigenvalue weighted by molar-refractivity contribution is 14.1. The molecule has 1 aromatic rings. The van der Waals surface area contributed by atoms with E-state index in [4.69, 9.17) is 10.5 Å². The number of benzene rings is 1. The number of halogens is 1. The fourth-order valence-electron chi connectivity index (χ4n) is 2.56. The first kappa shape index (κ1) is 14.5. The minimum Gasteiger partial charge on any atom is -0.492 e. The first-order valence-electron chi connectivity index (χ1n) is 6.38. The van der Waals surface area contributed by atoms with Crippen LogP contribution in [0.25, 0.3) is 0 Å². The van der Waals surface area contributed by atoms with E-state index in [9.17, 15) is 10.1 Å². The number of ether oxygens (including phenoxy) is 1. The van der Waals surface area contributed by atoms with Gasteiger partial charge in [0, 0.05) is 12.1 Å². The van der Waals surface area contributed by atoms with E-state index in [1.165, 1.54) is 25.0 Å². The molecule has 1 aromatic carbocycles. The summed E-state index contributed by atoms with van der Waals surface area (Å²) in [4.78, 5) is 10.3.